The number of amides is 4. The van der Waals surface area contributed by atoms with Crippen LogP contribution in [0.15, 0.2) is 18.2 Å². The molecule has 4 amide bonds. The minimum Gasteiger partial charge on any atom is -0.493 e. The molecule has 146 valence electrons. The average molecular weight is 375 g/mol. The Morgan fingerprint density at radius 1 is 1.22 bits per heavy atom. The number of hydrazine groups is 1. The molecule has 2 fully saturated rings. The standard InChI is InChI=1S/C19H25N3O5/c1-12-6-8-19(9-7-12)17(24)22(18(25)20-19)21-16(23)11-13-4-5-14(26-2)15(10-13)27-3/h4-5,10,12H,6-9,11H2,1-3H3,(H,20,25)(H,21,23). The van der Waals surface area contributed by atoms with Crippen LogP contribution in [0.25, 0.3) is 0 Å². The van der Waals surface area contributed by atoms with Gasteiger partial charge in [-0.25, -0.2) is 4.79 Å². The highest BCUT2D eigenvalue weighted by Gasteiger charge is 2.52. The number of ether oxygens (including phenoxy) is 2. The minimum atomic E-state index is -0.875. The van der Waals surface area contributed by atoms with Gasteiger partial charge in [0, 0.05) is 0 Å². The van der Waals surface area contributed by atoms with Gasteiger partial charge in [0.15, 0.2) is 11.5 Å². The highest BCUT2D eigenvalue weighted by Crippen LogP contribution is 2.35. The van der Waals surface area contributed by atoms with Crippen LogP contribution in [-0.4, -0.2) is 42.6 Å². The van der Waals surface area contributed by atoms with Crippen molar-refractivity contribution in [3.8, 4) is 11.5 Å². The Balaban J connectivity index is 1.66. The second-order valence-electron chi connectivity index (χ2n) is 7.24. The van der Waals surface area contributed by atoms with Crippen LogP contribution in [0.2, 0.25) is 0 Å². The molecule has 1 aliphatic heterocycles. The lowest BCUT2D eigenvalue weighted by Crippen LogP contribution is -2.51. The number of hydrogen-bond donors (Lipinski definition) is 2. The molecule has 0 unspecified atom stereocenters. The first-order valence-electron chi connectivity index (χ1n) is 9.05. The van der Waals surface area contributed by atoms with E-state index >= 15 is 0 Å². The van der Waals surface area contributed by atoms with Gasteiger partial charge in [0.05, 0.1) is 20.6 Å². The minimum absolute atomic E-state index is 0.00144. The molecule has 3 rings (SSSR count). The number of imide groups is 1. The van der Waals surface area contributed by atoms with Gasteiger partial charge < -0.3 is 14.8 Å². The SMILES string of the molecule is COc1ccc(CC(=O)NN2C(=O)NC3(CCC(C)CC3)C2=O)cc1OC. The van der Waals surface area contributed by atoms with E-state index < -0.39 is 17.5 Å². The lowest BCUT2D eigenvalue weighted by atomic mass is 9.77. The normalized spacial score (nSPS) is 24.7. The summed E-state index contributed by atoms with van der Waals surface area (Å²) in [7, 11) is 3.04. The van der Waals surface area contributed by atoms with Crippen LogP contribution in [0.1, 0.15) is 38.2 Å². The summed E-state index contributed by atoms with van der Waals surface area (Å²) < 4.78 is 10.4. The summed E-state index contributed by atoms with van der Waals surface area (Å²) in [6.45, 7) is 2.14. The summed E-state index contributed by atoms with van der Waals surface area (Å²) in [5.41, 5.74) is 2.24. The molecule has 1 aromatic rings. The van der Waals surface area contributed by atoms with Gasteiger partial charge in [-0.15, -0.1) is 0 Å². The highest BCUT2D eigenvalue weighted by atomic mass is 16.5. The Hall–Kier alpha value is -2.77. The quantitative estimate of drug-likeness (QED) is 0.765. The molecule has 8 heteroatoms. The van der Waals surface area contributed by atoms with Crippen molar-refractivity contribution in [1.82, 2.24) is 15.8 Å². The van der Waals surface area contributed by atoms with Gasteiger partial charge in [-0.2, -0.15) is 5.01 Å². The van der Waals surface area contributed by atoms with Crippen molar-refractivity contribution in [3.63, 3.8) is 0 Å². The predicted molar refractivity (Wildman–Crippen MR) is 97.1 cm³/mol. The van der Waals surface area contributed by atoms with Gasteiger partial charge >= 0.3 is 6.03 Å². The number of benzene rings is 1. The molecular weight excluding hydrogens is 350 g/mol. The van der Waals surface area contributed by atoms with E-state index in [2.05, 4.69) is 17.7 Å². The van der Waals surface area contributed by atoms with Gasteiger partial charge in [0.25, 0.3) is 5.91 Å². The molecule has 2 aliphatic rings. The predicted octanol–water partition coefficient (Wildman–Crippen LogP) is 1.78. The Bertz CT molecular complexity index is 756. The second kappa shape index (κ2) is 7.46. The molecule has 1 saturated heterocycles. The number of nitrogens with one attached hydrogen (secondary N) is 2. The molecule has 1 heterocycles. The van der Waals surface area contributed by atoms with Crippen molar-refractivity contribution in [2.24, 2.45) is 5.92 Å². The molecule has 0 atom stereocenters. The van der Waals surface area contributed by atoms with Gasteiger partial charge in [-0.3, -0.25) is 15.0 Å². The molecule has 8 nitrogen and oxygen atoms in total. The Labute approximate surface area is 158 Å². The molecule has 2 N–H and O–H groups in total. The van der Waals surface area contributed by atoms with Crippen LogP contribution in [0.5, 0.6) is 11.5 Å². The summed E-state index contributed by atoms with van der Waals surface area (Å²) in [5, 5.41) is 3.60. The molecule has 0 radical (unpaired) electrons. The van der Waals surface area contributed by atoms with Crippen molar-refractivity contribution in [2.45, 2.75) is 44.6 Å². The molecule has 1 saturated carbocycles. The molecule has 0 bridgehead atoms. The summed E-state index contributed by atoms with van der Waals surface area (Å²) >= 11 is 0. The second-order valence-corrected chi connectivity index (χ2v) is 7.24. The van der Waals surface area contributed by atoms with Crippen molar-refractivity contribution < 1.29 is 23.9 Å². The van der Waals surface area contributed by atoms with E-state index in [0.29, 0.717) is 35.8 Å². The average Bonchev–Trinajstić information content (AvgIpc) is 2.88. The van der Waals surface area contributed by atoms with Crippen LogP contribution in [0.3, 0.4) is 0 Å². The van der Waals surface area contributed by atoms with Crippen molar-refractivity contribution in [1.29, 1.82) is 0 Å². The van der Waals surface area contributed by atoms with Crippen LogP contribution < -0.4 is 20.2 Å². The number of carbonyl (C=O) groups is 3. The topological polar surface area (TPSA) is 97.0 Å². The van der Waals surface area contributed by atoms with E-state index in [1.807, 2.05) is 0 Å². The third-order valence-corrected chi connectivity index (χ3v) is 5.34. The molecule has 0 aromatic heterocycles. The fourth-order valence-electron chi connectivity index (χ4n) is 3.66. The van der Waals surface area contributed by atoms with Gasteiger partial charge in [0.1, 0.15) is 5.54 Å². The zero-order chi connectivity index (χ0) is 19.6. The first-order valence-corrected chi connectivity index (χ1v) is 9.05. The maximum Gasteiger partial charge on any atom is 0.344 e. The fourth-order valence-corrected chi connectivity index (χ4v) is 3.66. The third-order valence-electron chi connectivity index (χ3n) is 5.34. The molecule has 1 aliphatic carbocycles. The molecule has 1 aromatic carbocycles. The summed E-state index contributed by atoms with van der Waals surface area (Å²) in [6, 6.07) is 4.55. The van der Waals surface area contributed by atoms with E-state index in [9.17, 15) is 14.4 Å². The number of rotatable bonds is 5. The molecule has 1 spiro atoms. The number of methoxy groups -OCH3 is 2. The van der Waals surface area contributed by atoms with Gasteiger partial charge in [0.2, 0.25) is 5.91 Å². The zero-order valence-electron chi connectivity index (χ0n) is 15.8. The van der Waals surface area contributed by atoms with Crippen molar-refractivity contribution in [2.75, 3.05) is 14.2 Å². The summed E-state index contributed by atoms with van der Waals surface area (Å²) in [6.07, 6.45) is 2.95. The van der Waals surface area contributed by atoms with E-state index in [1.54, 1.807) is 18.2 Å². The Morgan fingerprint density at radius 3 is 2.52 bits per heavy atom. The molecule has 27 heavy (non-hydrogen) atoms. The first kappa shape index (κ1) is 19.0. The lowest BCUT2D eigenvalue weighted by molar-refractivity contribution is -0.139. The van der Waals surface area contributed by atoms with E-state index in [4.69, 9.17) is 9.47 Å². The maximum absolute atomic E-state index is 12.8. The number of carbonyl (C=O) groups excluding carboxylic acids is 3. The third kappa shape index (κ3) is 3.70. The Morgan fingerprint density at radius 2 is 1.89 bits per heavy atom. The maximum atomic E-state index is 12.8. The monoisotopic (exact) mass is 375 g/mol. The fraction of sp³-hybridized carbons (Fsp3) is 0.526. The van der Waals surface area contributed by atoms with Gasteiger partial charge in [-0.1, -0.05) is 13.0 Å². The number of hydrogen-bond acceptors (Lipinski definition) is 5. The zero-order valence-corrected chi connectivity index (χ0v) is 15.8. The number of nitrogens with zero attached hydrogens (tertiary/aromatic N) is 1. The van der Waals surface area contributed by atoms with Crippen LogP contribution in [0, 0.1) is 5.92 Å². The van der Waals surface area contributed by atoms with E-state index in [0.717, 1.165) is 17.9 Å². The Kier molecular flexibility index (Phi) is 5.25. The highest BCUT2D eigenvalue weighted by molar-refractivity contribution is 6.08. The van der Waals surface area contributed by atoms with Crippen LogP contribution in [0.4, 0.5) is 4.79 Å². The largest absolute Gasteiger partial charge is 0.493 e. The van der Waals surface area contributed by atoms with E-state index in [1.165, 1.54) is 14.2 Å². The lowest BCUT2D eigenvalue weighted by Gasteiger charge is -2.33. The smallest absolute Gasteiger partial charge is 0.344 e. The van der Waals surface area contributed by atoms with Crippen LogP contribution >= 0.6 is 0 Å². The van der Waals surface area contributed by atoms with Crippen LogP contribution in [-0.2, 0) is 16.0 Å². The molecular formula is C19H25N3O5. The summed E-state index contributed by atoms with van der Waals surface area (Å²) in [5.74, 6) is 0.776. The van der Waals surface area contributed by atoms with Crippen molar-refractivity contribution in [3.05, 3.63) is 23.8 Å². The number of urea groups is 1. The van der Waals surface area contributed by atoms with Gasteiger partial charge in [-0.05, 0) is 49.3 Å². The first-order chi connectivity index (χ1) is 12.9. The summed E-state index contributed by atoms with van der Waals surface area (Å²) in [4.78, 5) is 37.4. The van der Waals surface area contributed by atoms with Crippen molar-refractivity contribution >= 4 is 17.8 Å². The van der Waals surface area contributed by atoms with E-state index in [-0.39, 0.29) is 12.3 Å².